The maximum Gasteiger partial charge on any atom is 0.276 e. The Morgan fingerprint density at radius 2 is 1.75 bits per heavy atom. The van der Waals surface area contributed by atoms with Gasteiger partial charge in [0.05, 0.1) is 18.8 Å². The number of likely N-dealkylation sites (tertiary alicyclic amines) is 2. The predicted molar refractivity (Wildman–Crippen MR) is 159 cm³/mol. The van der Waals surface area contributed by atoms with E-state index in [1.165, 1.54) is 38.8 Å². The van der Waals surface area contributed by atoms with Crippen LogP contribution in [0.3, 0.4) is 0 Å². The number of anilines is 1. The fourth-order valence-corrected chi connectivity index (χ4v) is 6.27. The van der Waals surface area contributed by atoms with Gasteiger partial charge in [0.2, 0.25) is 0 Å². The van der Waals surface area contributed by atoms with E-state index in [4.69, 9.17) is 44.3 Å². The molecule has 0 saturated carbocycles. The van der Waals surface area contributed by atoms with Gasteiger partial charge >= 0.3 is 0 Å². The van der Waals surface area contributed by atoms with Crippen molar-refractivity contribution in [2.45, 2.75) is 67.5 Å². The van der Waals surface area contributed by atoms with E-state index < -0.39 is 16.0 Å². The van der Waals surface area contributed by atoms with Gasteiger partial charge in [-0.3, -0.25) is 9.69 Å². The van der Waals surface area contributed by atoms with Crippen LogP contribution < -0.4 is 5.32 Å². The number of hydrogen-bond acceptors (Lipinski definition) is 6. The van der Waals surface area contributed by atoms with Gasteiger partial charge in [-0.2, -0.15) is 0 Å². The van der Waals surface area contributed by atoms with E-state index in [-0.39, 0.29) is 24.7 Å². The zero-order valence-electron chi connectivity index (χ0n) is 22.8. The fraction of sp³-hybridized carbons (Fsp3) is 0.567. The molecule has 2 aromatic rings. The standard InChI is InChI=1S/C30H38Cl3N3O4/c1-20-26(18-36-15-5-8-25(36)17-35-13-2-3-14-35)39-28(40-27(20)22-11-9-21(19-37)10-12-22)23-6-4-7-24(16-23)34-29(38)30(31,32)33/h4,6-7,9-12,16,20,25-28,37H,2-3,5,8,13-15,17-19H2,1H3,(H,34,38)/t20-,25+,26+,27+,28+/m1/s1. The number of alkyl halides is 3. The van der Waals surface area contributed by atoms with Gasteiger partial charge < -0.3 is 24.8 Å². The second kappa shape index (κ2) is 13.3. The smallest absolute Gasteiger partial charge is 0.276 e. The monoisotopic (exact) mass is 609 g/mol. The predicted octanol–water partition coefficient (Wildman–Crippen LogP) is 5.84. The average molecular weight is 611 g/mol. The number of nitrogens with zero attached hydrogens (tertiary/aromatic N) is 2. The Morgan fingerprint density at radius 3 is 2.45 bits per heavy atom. The first kappa shape index (κ1) is 30.1. The highest BCUT2D eigenvalue weighted by Gasteiger charge is 2.41. The molecule has 0 bridgehead atoms. The molecule has 2 aromatic carbocycles. The Kier molecular flexibility index (Phi) is 9.96. The van der Waals surface area contributed by atoms with Crippen molar-refractivity contribution in [1.29, 1.82) is 0 Å². The first-order chi connectivity index (χ1) is 19.2. The Hall–Kier alpha value is -1.42. The molecule has 0 aromatic heterocycles. The van der Waals surface area contributed by atoms with Gasteiger partial charge in [-0.1, -0.05) is 78.1 Å². The van der Waals surface area contributed by atoms with Gasteiger partial charge in [-0.15, -0.1) is 0 Å². The number of benzene rings is 2. The highest BCUT2D eigenvalue weighted by atomic mass is 35.6. The third-order valence-corrected chi connectivity index (χ3v) is 8.89. The van der Waals surface area contributed by atoms with Crippen molar-refractivity contribution in [2.75, 3.05) is 38.0 Å². The Morgan fingerprint density at radius 1 is 1.00 bits per heavy atom. The van der Waals surface area contributed by atoms with Crippen molar-refractivity contribution in [2.24, 2.45) is 5.92 Å². The van der Waals surface area contributed by atoms with Crippen molar-refractivity contribution in [3.05, 3.63) is 65.2 Å². The summed E-state index contributed by atoms with van der Waals surface area (Å²) in [5.41, 5.74) is 3.16. The van der Waals surface area contributed by atoms with Crippen LogP contribution in [0.15, 0.2) is 48.5 Å². The first-order valence-corrected chi connectivity index (χ1v) is 15.3. The normalized spacial score (nSPS) is 28.2. The van der Waals surface area contributed by atoms with Crippen LogP contribution in [0, 0.1) is 5.92 Å². The lowest BCUT2D eigenvalue weighted by Crippen LogP contribution is -2.48. The highest BCUT2D eigenvalue weighted by Crippen LogP contribution is 2.43. The molecule has 3 heterocycles. The lowest BCUT2D eigenvalue weighted by molar-refractivity contribution is -0.276. The number of aliphatic hydroxyl groups excluding tert-OH is 1. The van der Waals surface area contributed by atoms with Gasteiger partial charge in [0.25, 0.3) is 9.70 Å². The van der Waals surface area contributed by atoms with Crippen molar-refractivity contribution in [1.82, 2.24) is 9.80 Å². The van der Waals surface area contributed by atoms with Crippen LogP contribution in [0.5, 0.6) is 0 Å². The van der Waals surface area contributed by atoms with Gasteiger partial charge in [0.1, 0.15) is 0 Å². The number of carbonyl (C=O) groups is 1. The molecule has 3 saturated heterocycles. The summed E-state index contributed by atoms with van der Waals surface area (Å²) < 4.78 is 11.2. The largest absolute Gasteiger partial charge is 0.392 e. The number of rotatable bonds is 8. The Bertz CT molecular complexity index is 1140. The number of ether oxygens (including phenoxy) is 2. The molecule has 5 rings (SSSR count). The van der Waals surface area contributed by atoms with Crippen molar-refractivity contribution in [3.63, 3.8) is 0 Å². The number of aliphatic hydroxyl groups is 1. The average Bonchev–Trinajstić information content (AvgIpc) is 3.62. The van der Waals surface area contributed by atoms with E-state index in [1.807, 2.05) is 36.4 Å². The molecule has 5 atom stereocenters. The summed E-state index contributed by atoms with van der Waals surface area (Å²) in [6.07, 6.45) is 4.09. The lowest BCUT2D eigenvalue weighted by atomic mass is 9.90. The van der Waals surface area contributed by atoms with E-state index in [9.17, 15) is 9.90 Å². The summed E-state index contributed by atoms with van der Waals surface area (Å²) in [5.74, 6) is -0.636. The minimum Gasteiger partial charge on any atom is -0.392 e. The molecule has 0 unspecified atom stereocenters. The topological polar surface area (TPSA) is 74.3 Å². The Balaban J connectivity index is 1.37. The van der Waals surface area contributed by atoms with E-state index in [0.717, 1.165) is 36.3 Å². The van der Waals surface area contributed by atoms with E-state index >= 15 is 0 Å². The van der Waals surface area contributed by atoms with E-state index in [2.05, 4.69) is 22.0 Å². The molecule has 1 amide bonds. The fourth-order valence-electron chi connectivity index (χ4n) is 6.13. The van der Waals surface area contributed by atoms with Gasteiger partial charge in [0, 0.05) is 36.3 Å². The molecule has 3 fully saturated rings. The zero-order valence-corrected chi connectivity index (χ0v) is 25.0. The molecule has 10 heteroatoms. The second-order valence-corrected chi connectivity index (χ2v) is 13.5. The highest BCUT2D eigenvalue weighted by molar-refractivity contribution is 6.76. The summed E-state index contributed by atoms with van der Waals surface area (Å²) in [6.45, 7) is 7.61. The van der Waals surface area contributed by atoms with Crippen LogP contribution in [0.25, 0.3) is 0 Å². The maximum atomic E-state index is 12.3. The molecule has 3 aliphatic rings. The van der Waals surface area contributed by atoms with Crippen molar-refractivity contribution in [3.8, 4) is 0 Å². The summed E-state index contributed by atoms with van der Waals surface area (Å²) in [6, 6.07) is 15.7. The number of halogens is 3. The van der Waals surface area contributed by atoms with Gasteiger partial charge in [-0.05, 0) is 68.6 Å². The Labute approximate surface area is 251 Å². The van der Waals surface area contributed by atoms with Crippen molar-refractivity contribution >= 4 is 46.4 Å². The van der Waals surface area contributed by atoms with E-state index in [1.54, 1.807) is 12.1 Å². The van der Waals surface area contributed by atoms with Gasteiger partial charge in [0.15, 0.2) is 6.29 Å². The van der Waals surface area contributed by atoms with Crippen LogP contribution in [0.4, 0.5) is 5.69 Å². The summed E-state index contributed by atoms with van der Waals surface area (Å²) >= 11 is 17.3. The second-order valence-electron chi connectivity index (χ2n) is 11.2. The third kappa shape index (κ3) is 7.31. The number of nitrogens with one attached hydrogen (secondary N) is 1. The number of amides is 1. The zero-order chi connectivity index (χ0) is 28.3. The molecule has 7 nitrogen and oxygen atoms in total. The third-order valence-electron chi connectivity index (χ3n) is 8.38. The van der Waals surface area contributed by atoms with Crippen LogP contribution in [0.2, 0.25) is 0 Å². The molecule has 2 N–H and O–H groups in total. The van der Waals surface area contributed by atoms with Crippen LogP contribution >= 0.6 is 34.8 Å². The molecule has 0 spiro atoms. The molecular formula is C30H38Cl3N3O4. The number of hydrogen-bond donors (Lipinski definition) is 2. The van der Waals surface area contributed by atoms with Gasteiger partial charge in [-0.25, -0.2) is 0 Å². The molecule has 40 heavy (non-hydrogen) atoms. The molecular weight excluding hydrogens is 573 g/mol. The van der Waals surface area contributed by atoms with Crippen LogP contribution in [-0.4, -0.2) is 69.5 Å². The van der Waals surface area contributed by atoms with Crippen molar-refractivity contribution < 1.29 is 19.4 Å². The quantitative estimate of drug-likeness (QED) is 0.366. The molecule has 3 aliphatic heterocycles. The number of carbonyl (C=O) groups excluding carboxylic acids is 1. The first-order valence-electron chi connectivity index (χ1n) is 14.2. The SMILES string of the molecule is C[C@@H]1[C@H](CN2CCC[C@H]2CN2CCCC2)O[C@H](c2cccc(NC(=O)C(Cl)(Cl)Cl)c2)O[C@@H]1c1ccc(CO)cc1. The van der Waals surface area contributed by atoms with E-state index in [0.29, 0.717) is 11.7 Å². The maximum absolute atomic E-state index is 12.3. The lowest BCUT2D eigenvalue weighted by Gasteiger charge is -2.43. The molecule has 0 radical (unpaired) electrons. The minimum atomic E-state index is -2.07. The van der Waals surface area contributed by atoms with Crippen LogP contribution in [0.1, 0.15) is 61.7 Å². The summed E-state index contributed by atoms with van der Waals surface area (Å²) in [4.78, 5) is 17.5. The molecule has 218 valence electrons. The molecule has 0 aliphatic carbocycles. The summed E-state index contributed by atoms with van der Waals surface area (Å²) in [5, 5.41) is 12.2. The summed E-state index contributed by atoms with van der Waals surface area (Å²) in [7, 11) is 0. The minimum absolute atomic E-state index is 0.00418. The van der Waals surface area contributed by atoms with Crippen LogP contribution in [-0.2, 0) is 20.9 Å².